The van der Waals surface area contributed by atoms with E-state index in [4.69, 9.17) is 5.11 Å². The molecule has 0 bridgehead atoms. The molecule has 0 aliphatic rings. The fraction of sp³-hybridized carbons (Fsp3) is 0.222. The number of carbonyl (C=O) groups is 1. The van der Waals surface area contributed by atoms with Crippen LogP contribution in [-0.2, 0) is 11.3 Å². The monoisotopic (exact) mass is 371 g/mol. The molecule has 0 amide bonds. The Hall–Kier alpha value is -3.33. The second-order valence-electron chi connectivity index (χ2n) is 6.14. The second-order valence-corrected chi connectivity index (χ2v) is 6.14. The van der Waals surface area contributed by atoms with Gasteiger partial charge in [-0.3, -0.25) is 4.68 Å². The van der Waals surface area contributed by atoms with Gasteiger partial charge in [0.1, 0.15) is 0 Å². The van der Waals surface area contributed by atoms with Gasteiger partial charge in [-0.2, -0.15) is 5.10 Å². The number of halogens is 1. The van der Waals surface area contributed by atoms with Gasteiger partial charge in [-0.15, -0.1) is 0 Å². The van der Waals surface area contributed by atoms with E-state index in [9.17, 15) is 14.3 Å². The highest BCUT2D eigenvalue weighted by atomic mass is 19.1. The summed E-state index contributed by atoms with van der Waals surface area (Å²) < 4.78 is 14.7. The highest BCUT2D eigenvalue weighted by Crippen LogP contribution is 2.26. The third kappa shape index (κ3) is 4.45. The van der Waals surface area contributed by atoms with Gasteiger partial charge < -0.3 is 15.5 Å². The van der Waals surface area contributed by atoms with E-state index in [1.807, 2.05) is 25.1 Å². The maximum absolute atomic E-state index is 13.3. The Bertz CT molecular complexity index is 989. The Morgan fingerprint density at radius 2 is 2.04 bits per heavy atom. The quantitative estimate of drug-likeness (QED) is 0.609. The standard InChI is InChI=1S/C18H18FN5O3/c1-10-3-12(13-6-21-24(8-13)9-16(25)17(26)27)5-14(4-10)23-18-20-7-15(19)11(2)22-18/h3-8,16,25H,9H2,1-2H3,(H,26,27)(H,20,22,23)/t16-/m1/s1. The normalized spacial score (nSPS) is 12.0. The fourth-order valence-corrected chi connectivity index (χ4v) is 2.53. The lowest BCUT2D eigenvalue weighted by Crippen LogP contribution is -2.25. The first-order valence-electron chi connectivity index (χ1n) is 8.13. The summed E-state index contributed by atoms with van der Waals surface area (Å²) in [5.74, 6) is -1.49. The molecule has 0 aliphatic carbocycles. The molecule has 0 fully saturated rings. The molecule has 3 rings (SSSR count). The highest BCUT2D eigenvalue weighted by molar-refractivity contribution is 5.72. The minimum Gasteiger partial charge on any atom is -0.479 e. The average molecular weight is 371 g/mol. The molecule has 8 nitrogen and oxygen atoms in total. The summed E-state index contributed by atoms with van der Waals surface area (Å²) in [4.78, 5) is 18.7. The Morgan fingerprint density at radius 3 is 2.74 bits per heavy atom. The van der Waals surface area contributed by atoms with Crippen molar-refractivity contribution in [3.05, 3.63) is 53.9 Å². The van der Waals surface area contributed by atoms with Crippen LogP contribution in [0.25, 0.3) is 11.1 Å². The van der Waals surface area contributed by atoms with E-state index in [0.717, 1.165) is 22.9 Å². The predicted molar refractivity (Wildman–Crippen MR) is 96.1 cm³/mol. The molecule has 2 heterocycles. The molecule has 1 aromatic carbocycles. The van der Waals surface area contributed by atoms with E-state index in [1.165, 1.54) is 4.68 Å². The second kappa shape index (κ2) is 7.50. The molecule has 0 unspecified atom stereocenters. The topological polar surface area (TPSA) is 113 Å². The van der Waals surface area contributed by atoms with E-state index in [2.05, 4.69) is 20.4 Å². The van der Waals surface area contributed by atoms with Crippen molar-refractivity contribution in [3.8, 4) is 11.1 Å². The molecule has 3 aromatic rings. The van der Waals surface area contributed by atoms with Crippen molar-refractivity contribution in [2.24, 2.45) is 0 Å². The minimum atomic E-state index is -1.52. The molecule has 0 spiro atoms. The largest absolute Gasteiger partial charge is 0.479 e. The molecule has 0 aliphatic heterocycles. The van der Waals surface area contributed by atoms with Gasteiger partial charge in [-0.25, -0.2) is 19.2 Å². The first-order valence-corrected chi connectivity index (χ1v) is 8.13. The Balaban J connectivity index is 1.84. The number of hydrogen-bond acceptors (Lipinski definition) is 6. The van der Waals surface area contributed by atoms with Gasteiger partial charge in [0, 0.05) is 17.4 Å². The molecule has 140 valence electrons. The van der Waals surface area contributed by atoms with E-state index >= 15 is 0 Å². The van der Waals surface area contributed by atoms with Gasteiger partial charge in [-0.1, -0.05) is 6.07 Å². The molecule has 0 saturated heterocycles. The molecule has 9 heteroatoms. The predicted octanol–water partition coefficient (Wildman–Crippen LogP) is 2.29. The maximum Gasteiger partial charge on any atom is 0.334 e. The maximum atomic E-state index is 13.3. The molecular weight excluding hydrogens is 353 g/mol. The molecular formula is C18H18FN5O3. The molecule has 27 heavy (non-hydrogen) atoms. The van der Waals surface area contributed by atoms with Crippen LogP contribution in [0.3, 0.4) is 0 Å². The van der Waals surface area contributed by atoms with Crippen molar-refractivity contribution in [2.75, 3.05) is 5.32 Å². The zero-order valence-corrected chi connectivity index (χ0v) is 14.7. The number of aliphatic hydroxyl groups excluding tert-OH is 1. The third-order valence-corrected chi connectivity index (χ3v) is 3.86. The van der Waals surface area contributed by atoms with Crippen molar-refractivity contribution in [1.82, 2.24) is 19.7 Å². The number of nitrogens with zero attached hydrogens (tertiary/aromatic N) is 4. The molecule has 2 aromatic heterocycles. The number of aryl methyl sites for hydroxylation is 2. The number of carboxylic acids is 1. The van der Waals surface area contributed by atoms with Crippen LogP contribution in [0.2, 0.25) is 0 Å². The highest BCUT2D eigenvalue weighted by Gasteiger charge is 2.15. The van der Waals surface area contributed by atoms with Crippen molar-refractivity contribution < 1.29 is 19.4 Å². The minimum absolute atomic E-state index is 0.144. The van der Waals surface area contributed by atoms with Crippen molar-refractivity contribution >= 4 is 17.6 Å². The van der Waals surface area contributed by atoms with Crippen molar-refractivity contribution in [3.63, 3.8) is 0 Å². The van der Waals surface area contributed by atoms with Crippen LogP contribution in [0, 0.1) is 19.7 Å². The van der Waals surface area contributed by atoms with E-state index in [0.29, 0.717) is 5.69 Å². The molecule has 0 radical (unpaired) electrons. The van der Waals surface area contributed by atoms with Gasteiger partial charge in [0.2, 0.25) is 5.95 Å². The lowest BCUT2D eigenvalue weighted by Gasteiger charge is -2.09. The number of nitrogens with one attached hydrogen (secondary N) is 1. The SMILES string of the molecule is Cc1cc(Nc2ncc(F)c(C)n2)cc(-c2cnn(C[C@@H](O)C(=O)O)c2)c1. The Labute approximate surface area is 154 Å². The Kier molecular flexibility index (Phi) is 5.13. The number of benzene rings is 1. The molecule has 1 atom stereocenters. The third-order valence-electron chi connectivity index (χ3n) is 3.86. The smallest absolute Gasteiger partial charge is 0.334 e. The summed E-state index contributed by atoms with van der Waals surface area (Å²) in [5.41, 5.74) is 3.53. The van der Waals surface area contributed by atoms with Crippen LogP contribution >= 0.6 is 0 Å². The van der Waals surface area contributed by atoms with Gasteiger partial charge in [0.15, 0.2) is 11.9 Å². The summed E-state index contributed by atoms with van der Waals surface area (Å²) in [6, 6.07) is 5.69. The van der Waals surface area contributed by atoms with Crippen LogP contribution in [-0.4, -0.2) is 42.0 Å². The van der Waals surface area contributed by atoms with E-state index in [-0.39, 0.29) is 18.2 Å². The lowest BCUT2D eigenvalue weighted by atomic mass is 10.1. The fourth-order valence-electron chi connectivity index (χ4n) is 2.53. The number of aliphatic hydroxyl groups is 1. The lowest BCUT2D eigenvalue weighted by molar-refractivity contribution is -0.147. The van der Waals surface area contributed by atoms with Crippen LogP contribution in [0.15, 0.2) is 36.8 Å². The van der Waals surface area contributed by atoms with Gasteiger partial charge in [0.25, 0.3) is 0 Å². The molecule has 3 N–H and O–H groups in total. The summed E-state index contributed by atoms with van der Waals surface area (Å²) in [6.07, 6.45) is 2.83. The van der Waals surface area contributed by atoms with E-state index < -0.39 is 17.9 Å². The Morgan fingerprint density at radius 1 is 1.26 bits per heavy atom. The zero-order chi connectivity index (χ0) is 19.6. The van der Waals surface area contributed by atoms with E-state index in [1.54, 1.807) is 19.3 Å². The average Bonchev–Trinajstić information content (AvgIpc) is 3.06. The number of rotatable bonds is 6. The summed E-state index contributed by atoms with van der Waals surface area (Å²) in [7, 11) is 0. The number of aromatic nitrogens is 4. The zero-order valence-electron chi connectivity index (χ0n) is 14.7. The number of aliphatic carboxylic acids is 1. The van der Waals surface area contributed by atoms with Crippen LogP contribution in [0.1, 0.15) is 11.3 Å². The van der Waals surface area contributed by atoms with Gasteiger partial charge in [-0.05, 0) is 37.1 Å². The van der Waals surface area contributed by atoms with Crippen LogP contribution < -0.4 is 5.32 Å². The molecule has 0 saturated carbocycles. The number of carboxylic acid groups (broad SMARTS) is 1. The van der Waals surface area contributed by atoms with Crippen LogP contribution in [0.5, 0.6) is 0 Å². The van der Waals surface area contributed by atoms with Crippen molar-refractivity contribution in [2.45, 2.75) is 26.5 Å². The summed E-state index contributed by atoms with van der Waals surface area (Å²) >= 11 is 0. The van der Waals surface area contributed by atoms with Crippen LogP contribution in [0.4, 0.5) is 16.0 Å². The van der Waals surface area contributed by atoms with Crippen molar-refractivity contribution in [1.29, 1.82) is 0 Å². The summed E-state index contributed by atoms with van der Waals surface area (Å²) in [6.45, 7) is 3.34. The first-order chi connectivity index (χ1) is 12.8. The summed E-state index contributed by atoms with van der Waals surface area (Å²) in [5, 5.41) is 25.4. The first kappa shape index (κ1) is 18.5. The number of anilines is 2. The van der Waals surface area contributed by atoms with Gasteiger partial charge >= 0.3 is 5.97 Å². The number of hydrogen-bond donors (Lipinski definition) is 3. The van der Waals surface area contributed by atoms with Gasteiger partial charge in [0.05, 0.1) is 24.6 Å².